The Bertz CT molecular complexity index is 823. The van der Waals surface area contributed by atoms with Crippen LogP contribution in [0.2, 0.25) is 0 Å². The van der Waals surface area contributed by atoms with Crippen LogP contribution in [0.15, 0.2) is 29.2 Å². The fourth-order valence-electron chi connectivity index (χ4n) is 4.88. The van der Waals surface area contributed by atoms with Crippen LogP contribution in [0.1, 0.15) is 25.7 Å². The molecule has 27 heavy (non-hydrogen) atoms. The van der Waals surface area contributed by atoms with Gasteiger partial charge in [-0.2, -0.15) is 4.31 Å². The van der Waals surface area contributed by atoms with Crippen molar-refractivity contribution < 1.29 is 17.6 Å². The molecule has 148 valence electrons. The topological polar surface area (TPSA) is 83.7 Å². The van der Waals surface area contributed by atoms with E-state index in [4.69, 9.17) is 5.73 Å². The van der Waals surface area contributed by atoms with Crippen LogP contribution in [-0.2, 0) is 14.8 Å². The molecule has 1 aromatic carbocycles. The van der Waals surface area contributed by atoms with Gasteiger partial charge in [0, 0.05) is 38.1 Å². The van der Waals surface area contributed by atoms with Gasteiger partial charge in [0.1, 0.15) is 10.7 Å². The molecule has 3 atom stereocenters. The number of amides is 1. The number of piperidine rings is 1. The number of hydrogen-bond acceptors (Lipinski definition) is 4. The van der Waals surface area contributed by atoms with Crippen LogP contribution in [0.5, 0.6) is 0 Å². The van der Waals surface area contributed by atoms with Crippen LogP contribution < -0.4 is 5.73 Å². The third-order valence-electron chi connectivity index (χ3n) is 6.48. The van der Waals surface area contributed by atoms with E-state index in [0.717, 1.165) is 32.0 Å². The maximum atomic E-state index is 13.9. The van der Waals surface area contributed by atoms with Crippen LogP contribution >= 0.6 is 0 Å². The van der Waals surface area contributed by atoms with Crippen LogP contribution in [0, 0.1) is 23.6 Å². The molecule has 3 aliphatic rings. The monoisotopic (exact) mass is 395 g/mol. The van der Waals surface area contributed by atoms with Crippen LogP contribution in [0.4, 0.5) is 4.39 Å². The fourth-order valence-corrected chi connectivity index (χ4v) is 6.42. The molecule has 2 N–H and O–H groups in total. The predicted octanol–water partition coefficient (Wildman–Crippen LogP) is 1.42. The number of hydrogen-bond donors (Lipinski definition) is 1. The van der Waals surface area contributed by atoms with Gasteiger partial charge < -0.3 is 10.6 Å². The minimum atomic E-state index is -3.86. The van der Waals surface area contributed by atoms with Gasteiger partial charge in [-0.05, 0) is 49.7 Å². The van der Waals surface area contributed by atoms with E-state index in [1.807, 2.05) is 4.90 Å². The first kappa shape index (κ1) is 18.8. The van der Waals surface area contributed by atoms with Crippen molar-refractivity contribution >= 4 is 15.9 Å². The summed E-state index contributed by atoms with van der Waals surface area (Å²) in [5.41, 5.74) is 6.15. The van der Waals surface area contributed by atoms with Gasteiger partial charge in [-0.15, -0.1) is 0 Å². The SMILES string of the molecule is NC1CCC2CN(C(=O)C3CCN(S(=O)(=O)c4ccccc4F)CC3)CC12. The molecular weight excluding hydrogens is 369 g/mol. The lowest BCUT2D eigenvalue weighted by atomic mass is 9.96. The molecule has 2 saturated heterocycles. The third kappa shape index (κ3) is 3.39. The summed E-state index contributed by atoms with van der Waals surface area (Å²) in [6, 6.07) is 5.62. The summed E-state index contributed by atoms with van der Waals surface area (Å²) in [4.78, 5) is 14.5. The highest BCUT2D eigenvalue weighted by Crippen LogP contribution is 2.38. The standard InChI is InChI=1S/C19H26FN3O3S/c20-16-3-1-2-4-18(16)27(25,26)23-9-7-13(8-10-23)19(24)22-11-14-5-6-17(21)15(14)12-22/h1-4,13-15,17H,5-12,21H2. The number of halogens is 1. The first-order valence-electron chi connectivity index (χ1n) is 9.67. The molecule has 3 unspecified atom stereocenters. The van der Waals surface area contributed by atoms with E-state index >= 15 is 0 Å². The van der Waals surface area contributed by atoms with Crippen molar-refractivity contribution in [3.8, 4) is 0 Å². The van der Waals surface area contributed by atoms with Gasteiger partial charge in [-0.1, -0.05) is 12.1 Å². The fraction of sp³-hybridized carbons (Fsp3) is 0.632. The number of carbonyl (C=O) groups excluding carboxylic acids is 1. The highest BCUT2D eigenvalue weighted by molar-refractivity contribution is 7.89. The molecule has 0 radical (unpaired) electrons. The van der Waals surface area contributed by atoms with Gasteiger partial charge >= 0.3 is 0 Å². The van der Waals surface area contributed by atoms with E-state index in [9.17, 15) is 17.6 Å². The van der Waals surface area contributed by atoms with E-state index in [-0.39, 0.29) is 35.9 Å². The van der Waals surface area contributed by atoms with Crippen molar-refractivity contribution in [2.24, 2.45) is 23.5 Å². The first-order chi connectivity index (χ1) is 12.9. The van der Waals surface area contributed by atoms with E-state index in [0.29, 0.717) is 24.7 Å². The summed E-state index contributed by atoms with van der Waals surface area (Å²) < 4.78 is 40.6. The largest absolute Gasteiger partial charge is 0.342 e. The number of sulfonamides is 1. The average molecular weight is 396 g/mol. The predicted molar refractivity (Wildman–Crippen MR) is 98.7 cm³/mol. The van der Waals surface area contributed by atoms with Crippen molar-refractivity contribution in [2.75, 3.05) is 26.2 Å². The summed E-state index contributed by atoms with van der Waals surface area (Å²) in [5.74, 6) is 0.156. The number of nitrogens with zero attached hydrogens (tertiary/aromatic N) is 2. The lowest BCUT2D eigenvalue weighted by Gasteiger charge is -2.32. The molecule has 8 heteroatoms. The van der Waals surface area contributed by atoms with E-state index in [1.165, 1.54) is 22.5 Å². The lowest BCUT2D eigenvalue weighted by molar-refractivity contribution is -0.136. The second-order valence-electron chi connectivity index (χ2n) is 8.02. The number of carbonyl (C=O) groups is 1. The summed E-state index contributed by atoms with van der Waals surface area (Å²) in [5, 5.41) is 0. The molecule has 3 fully saturated rings. The minimum Gasteiger partial charge on any atom is -0.342 e. The third-order valence-corrected chi connectivity index (χ3v) is 8.41. The minimum absolute atomic E-state index is 0.125. The molecule has 6 nitrogen and oxygen atoms in total. The van der Waals surface area contributed by atoms with Gasteiger partial charge in [0.25, 0.3) is 0 Å². The molecule has 1 aromatic rings. The molecule has 0 aromatic heterocycles. The Kier molecular flexibility index (Phi) is 4.98. The summed E-state index contributed by atoms with van der Waals surface area (Å²) in [6.07, 6.45) is 3.09. The summed E-state index contributed by atoms with van der Waals surface area (Å²) in [6.45, 7) is 2.00. The quantitative estimate of drug-likeness (QED) is 0.839. The molecular formula is C19H26FN3O3S. The van der Waals surface area contributed by atoms with Crippen molar-refractivity contribution in [3.05, 3.63) is 30.1 Å². The lowest BCUT2D eigenvalue weighted by Crippen LogP contribution is -2.44. The summed E-state index contributed by atoms with van der Waals surface area (Å²) in [7, 11) is -3.86. The molecule has 4 rings (SSSR count). The maximum Gasteiger partial charge on any atom is 0.245 e. The van der Waals surface area contributed by atoms with Gasteiger partial charge in [0.2, 0.25) is 15.9 Å². The van der Waals surface area contributed by atoms with Crippen molar-refractivity contribution in [3.63, 3.8) is 0 Å². The second-order valence-corrected chi connectivity index (χ2v) is 9.92. The van der Waals surface area contributed by atoms with Crippen molar-refractivity contribution in [1.82, 2.24) is 9.21 Å². The number of rotatable bonds is 3. The van der Waals surface area contributed by atoms with E-state index in [2.05, 4.69) is 0 Å². The Morgan fingerprint density at radius 3 is 2.44 bits per heavy atom. The normalized spacial score (nSPS) is 29.9. The Morgan fingerprint density at radius 2 is 1.78 bits per heavy atom. The highest BCUT2D eigenvalue weighted by atomic mass is 32.2. The van der Waals surface area contributed by atoms with E-state index < -0.39 is 15.8 Å². The number of nitrogens with two attached hydrogens (primary N) is 1. The Balaban J connectivity index is 1.38. The maximum absolute atomic E-state index is 13.9. The molecule has 1 amide bonds. The van der Waals surface area contributed by atoms with Gasteiger partial charge in [0.15, 0.2) is 0 Å². The Hall–Kier alpha value is -1.51. The zero-order valence-electron chi connectivity index (χ0n) is 15.3. The summed E-state index contributed by atoms with van der Waals surface area (Å²) >= 11 is 0. The molecule has 1 saturated carbocycles. The first-order valence-corrected chi connectivity index (χ1v) is 11.1. The zero-order chi connectivity index (χ0) is 19.2. The second kappa shape index (κ2) is 7.14. The van der Waals surface area contributed by atoms with Crippen LogP contribution in [0.25, 0.3) is 0 Å². The van der Waals surface area contributed by atoms with Crippen molar-refractivity contribution in [2.45, 2.75) is 36.6 Å². The van der Waals surface area contributed by atoms with Gasteiger partial charge in [0.05, 0.1) is 0 Å². The molecule has 0 bridgehead atoms. The molecule has 0 spiro atoms. The van der Waals surface area contributed by atoms with E-state index in [1.54, 1.807) is 0 Å². The van der Waals surface area contributed by atoms with Crippen molar-refractivity contribution in [1.29, 1.82) is 0 Å². The Morgan fingerprint density at radius 1 is 1.07 bits per heavy atom. The van der Waals surface area contributed by atoms with Crippen LogP contribution in [-0.4, -0.2) is 55.8 Å². The number of likely N-dealkylation sites (tertiary alicyclic amines) is 1. The number of benzene rings is 1. The zero-order valence-corrected chi connectivity index (χ0v) is 16.1. The molecule has 2 heterocycles. The highest BCUT2D eigenvalue weighted by Gasteiger charge is 2.44. The van der Waals surface area contributed by atoms with Gasteiger partial charge in [-0.25, -0.2) is 12.8 Å². The number of fused-ring (bicyclic) bond motifs is 1. The molecule has 2 aliphatic heterocycles. The van der Waals surface area contributed by atoms with Crippen LogP contribution in [0.3, 0.4) is 0 Å². The van der Waals surface area contributed by atoms with Gasteiger partial charge in [-0.3, -0.25) is 4.79 Å². The molecule has 1 aliphatic carbocycles. The Labute approximate surface area is 159 Å². The average Bonchev–Trinajstić information content (AvgIpc) is 3.24. The smallest absolute Gasteiger partial charge is 0.245 e.